The van der Waals surface area contributed by atoms with Gasteiger partial charge in [-0.05, 0) is 42.8 Å². The van der Waals surface area contributed by atoms with Crippen molar-refractivity contribution in [2.24, 2.45) is 0 Å². The summed E-state index contributed by atoms with van der Waals surface area (Å²) in [5.41, 5.74) is 2.06. The Morgan fingerprint density at radius 1 is 1.28 bits per heavy atom. The highest BCUT2D eigenvalue weighted by molar-refractivity contribution is 9.10. The van der Waals surface area contributed by atoms with Gasteiger partial charge in [0, 0.05) is 35.0 Å². The van der Waals surface area contributed by atoms with Crippen LogP contribution in [0.2, 0.25) is 0 Å². The number of aromatic nitrogens is 1. The quantitative estimate of drug-likeness (QED) is 0.910. The molecule has 18 heavy (non-hydrogen) atoms. The Hall–Kier alpha value is -1.39. The molecule has 94 valence electrons. The maximum atomic E-state index is 9.75. The number of benzene rings is 1. The van der Waals surface area contributed by atoms with E-state index in [9.17, 15) is 5.11 Å². The zero-order valence-electron chi connectivity index (χ0n) is 10.1. The van der Waals surface area contributed by atoms with Gasteiger partial charge >= 0.3 is 0 Å². The maximum Gasteiger partial charge on any atom is 0.120 e. The molecular weight excluding hydrogens is 292 g/mol. The highest BCUT2D eigenvalue weighted by atomic mass is 79.9. The molecule has 1 heterocycles. The molecule has 0 aliphatic carbocycles. The van der Waals surface area contributed by atoms with Crippen LogP contribution >= 0.6 is 15.9 Å². The van der Waals surface area contributed by atoms with Crippen molar-refractivity contribution >= 4 is 15.9 Å². The fourth-order valence-corrected chi connectivity index (χ4v) is 2.14. The minimum atomic E-state index is 0.214. The third-order valence-electron chi connectivity index (χ3n) is 2.85. The van der Waals surface area contributed by atoms with Gasteiger partial charge in [-0.15, -0.1) is 0 Å². The molecule has 1 atom stereocenters. The summed E-state index contributed by atoms with van der Waals surface area (Å²) in [6.07, 6.45) is 3.56. The molecular formula is C14H15BrN2O. The van der Waals surface area contributed by atoms with E-state index in [1.807, 2.05) is 24.3 Å². The summed E-state index contributed by atoms with van der Waals surface area (Å²) in [4.78, 5) is 4.00. The van der Waals surface area contributed by atoms with Crippen LogP contribution in [0.15, 0.2) is 47.2 Å². The number of pyridine rings is 1. The van der Waals surface area contributed by atoms with E-state index in [2.05, 4.69) is 33.2 Å². The molecule has 0 bridgehead atoms. The number of halogens is 1. The Bertz CT molecular complexity index is 516. The van der Waals surface area contributed by atoms with E-state index in [1.54, 1.807) is 18.5 Å². The van der Waals surface area contributed by atoms with Gasteiger partial charge in [0.15, 0.2) is 0 Å². The van der Waals surface area contributed by atoms with Gasteiger partial charge in [-0.25, -0.2) is 0 Å². The van der Waals surface area contributed by atoms with Crippen LogP contribution in [0.5, 0.6) is 5.75 Å². The predicted octanol–water partition coefficient (Wildman–Crippen LogP) is 3.40. The van der Waals surface area contributed by atoms with Crippen molar-refractivity contribution in [3.8, 4) is 5.75 Å². The molecule has 1 aromatic heterocycles. The second-order valence-electron chi connectivity index (χ2n) is 4.16. The van der Waals surface area contributed by atoms with Crippen molar-refractivity contribution in [2.45, 2.75) is 19.5 Å². The fourth-order valence-electron chi connectivity index (χ4n) is 1.73. The number of nitrogens with one attached hydrogen (secondary N) is 1. The van der Waals surface area contributed by atoms with E-state index >= 15 is 0 Å². The molecule has 2 aromatic rings. The molecule has 0 saturated carbocycles. The van der Waals surface area contributed by atoms with Crippen LogP contribution in [-0.2, 0) is 6.54 Å². The predicted molar refractivity (Wildman–Crippen MR) is 75.3 cm³/mol. The third kappa shape index (κ3) is 3.31. The summed E-state index contributed by atoms with van der Waals surface area (Å²) in [5, 5.41) is 13.1. The van der Waals surface area contributed by atoms with Crippen molar-refractivity contribution in [1.82, 2.24) is 10.3 Å². The zero-order valence-corrected chi connectivity index (χ0v) is 11.7. The number of rotatable bonds is 4. The lowest BCUT2D eigenvalue weighted by Crippen LogP contribution is -2.18. The van der Waals surface area contributed by atoms with Gasteiger partial charge in [0.2, 0.25) is 0 Å². The number of hydrogen-bond acceptors (Lipinski definition) is 3. The maximum absolute atomic E-state index is 9.75. The number of phenols is 1. The summed E-state index contributed by atoms with van der Waals surface area (Å²) in [5.74, 6) is 0.313. The average molecular weight is 307 g/mol. The van der Waals surface area contributed by atoms with Gasteiger partial charge in [-0.3, -0.25) is 4.98 Å². The van der Waals surface area contributed by atoms with Crippen molar-refractivity contribution in [2.75, 3.05) is 0 Å². The second kappa shape index (κ2) is 5.98. The first-order valence-electron chi connectivity index (χ1n) is 5.77. The lowest BCUT2D eigenvalue weighted by molar-refractivity contribution is 0.460. The first-order valence-corrected chi connectivity index (χ1v) is 6.57. The van der Waals surface area contributed by atoms with Crippen LogP contribution in [-0.4, -0.2) is 10.1 Å². The lowest BCUT2D eigenvalue weighted by atomic mass is 10.1. The topological polar surface area (TPSA) is 45.1 Å². The molecule has 0 saturated heterocycles. The Kier molecular flexibility index (Phi) is 4.33. The third-order valence-corrected chi connectivity index (χ3v) is 3.34. The molecule has 1 aromatic carbocycles. The SMILES string of the molecule is C[C@@H](NCc1cc(Br)ccc1O)c1ccncc1. The van der Waals surface area contributed by atoms with Crippen LogP contribution < -0.4 is 5.32 Å². The molecule has 2 rings (SSSR count). The van der Waals surface area contributed by atoms with Gasteiger partial charge in [0.1, 0.15) is 5.75 Å². The molecule has 0 radical (unpaired) electrons. The first kappa shape index (κ1) is 13.1. The average Bonchev–Trinajstić information content (AvgIpc) is 2.40. The standard InChI is InChI=1S/C14H15BrN2O/c1-10(11-4-6-16-7-5-11)17-9-12-8-13(15)2-3-14(12)18/h2-8,10,17-18H,9H2,1H3/t10-/m1/s1. The minimum absolute atomic E-state index is 0.214. The molecule has 4 heteroatoms. The molecule has 0 unspecified atom stereocenters. The lowest BCUT2D eigenvalue weighted by Gasteiger charge is -2.14. The van der Waals surface area contributed by atoms with Crippen LogP contribution in [0.3, 0.4) is 0 Å². The number of phenolic OH excluding ortho intramolecular Hbond substituents is 1. The van der Waals surface area contributed by atoms with Crippen LogP contribution in [0.1, 0.15) is 24.1 Å². The summed E-state index contributed by atoms with van der Waals surface area (Å²) in [6.45, 7) is 2.71. The number of nitrogens with zero attached hydrogens (tertiary/aromatic N) is 1. The molecule has 0 amide bonds. The van der Waals surface area contributed by atoms with Crippen LogP contribution in [0.4, 0.5) is 0 Å². The number of hydrogen-bond donors (Lipinski definition) is 2. The summed E-state index contributed by atoms with van der Waals surface area (Å²) in [6, 6.07) is 9.62. The van der Waals surface area contributed by atoms with Crippen LogP contribution in [0, 0.1) is 0 Å². The summed E-state index contributed by atoms with van der Waals surface area (Å²) in [7, 11) is 0. The van der Waals surface area contributed by atoms with Gasteiger partial charge in [0.25, 0.3) is 0 Å². The Balaban J connectivity index is 2.01. The van der Waals surface area contributed by atoms with E-state index < -0.39 is 0 Å². The van der Waals surface area contributed by atoms with E-state index in [0.29, 0.717) is 12.3 Å². The molecule has 3 nitrogen and oxygen atoms in total. The van der Waals surface area contributed by atoms with Gasteiger partial charge < -0.3 is 10.4 Å². The van der Waals surface area contributed by atoms with E-state index in [1.165, 1.54) is 5.56 Å². The van der Waals surface area contributed by atoms with E-state index in [0.717, 1.165) is 10.0 Å². The van der Waals surface area contributed by atoms with Crippen molar-refractivity contribution in [3.63, 3.8) is 0 Å². The second-order valence-corrected chi connectivity index (χ2v) is 5.07. The summed E-state index contributed by atoms with van der Waals surface area (Å²) >= 11 is 3.40. The van der Waals surface area contributed by atoms with E-state index in [-0.39, 0.29) is 6.04 Å². The normalized spacial score (nSPS) is 12.3. The molecule has 2 N–H and O–H groups in total. The van der Waals surface area contributed by atoms with Gasteiger partial charge in [0.05, 0.1) is 0 Å². The van der Waals surface area contributed by atoms with Gasteiger partial charge in [-0.2, -0.15) is 0 Å². The first-order chi connectivity index (χ1) is 8.66. The van der Waals surface area contributed by atoms with Gasteiger partial charge in [-0.1, -0.05) is 15.9 Å². The highest BCUT2D eigenvalue weighted by Gasteiger charge is 2.06. The highest BCUT2D eigenvalue weighted by Crippen LogP contribution is 2.22. The smallest absolute Gasteiger partial charge is 0.120 e. The van der Waals surface area contributed by atoms with Crippen molar-refractivity contribution in [3.05, 3.63) is 58.3 Å². The minimum Gasteiger partial charge on any atom is -0.508 e. The Morgan fingerprint density at radius 2 is 2.00 bits per heavy atom. The molecule has 0 aliphatic heterocycles. The Morgan fingerprint density at radius 3 is 2.72 bits per heavy atom. The van der Waals surface area contributed by atoms with Crippen molar-refractivity contribution < 1.29 is 5.11 Å². The monoisotopic (exact) mass is 306 g/mol. The Labute approximate surface area is 115 Å². The van der Waals surface area contributed by atoms with Crippen LogP contribution in [0.25, 0.3) is 0 Å². The zero-order chi connectivity index (χ0) is 13.0. The number of aromatic hydroxyl groups is 1. The fraction of sp³-hybridized carbons (Fsp3) is 0.214. The molecule has 0 aliphatic rings. The molecule has 0 fully saturated rings. The van der Waals surface area contributed by atoms with Crippen molar-refractivity contribution in [1.29, 1.82) is 0 Å². The van der Waals surface area contributed by atoms with E-state index in [4.69, 9.17) is 0 Å². The molecule has 0 spiro atoms. The largest absolute Gasteiger partial charge is 0.508 e. The summed E-state index contributed by atoms with van der Waals surface area (Å²) < 4.78 is 0.966.